The van der Waals surface area contributed by atoms with Gasteiger partial charge in [0.25, 0.3) is 0 Å². The van der Waals surface area contributed by atoms with Crippen LogP contribution in [-0.4, -0.2) is 54.7 Å². The van der Waals surface area contributed by atoms with Gasteiger partial charge in [-0.1, -0.05) is 12.1 Å². The maximum atomic E-state index is 11.8. The minimum Gasteiger partial charge on any atom is -0.508 e. The topological polar surface area (TPSA) is 74.2 Å². The number of aromatic hydroxyl groups is 1. The molecular weight excluding hydrogens is 318 g/mol. The lowest BCUT2D eigenvalue weighted by Gasteiger charge is -2.33. The van der Waals surface area contributed by atoms with E-state index in [1.165, 1.54) is 0 Å². The summed E-state index contributed by atoms with van der Waals surface area (Å²) in [5.41, 5.74) is 1.07. The Bertz CT molecular complexity index is 581. The SMILES string of the molecule is CCNC(=NCCc1cccc(O)c1)N1CCC(C(=O)OCC)CC1. The molecule has 1 fully saturated rings. The Morgan fingerprint density at radius 1 is 1.36 bits per heavy atom. The van der Waals surface area contributed by atoms with Gasteiger partial charge in [0.2, 0.25) is 0 Å². The number of esters is 1. The van der Waals surface area contributed by atoms with Crippen molar-refractivity contribution in [3.63, 3.8) is 0 Å². The zero-order valence-corrected chi connectivity index (χ0v) is 15.2. The first kappa shape index (κ1) is 19.1. The number of aliphatic imine (C=N–C) groups is 1. The number of piperidine rings is 1. The van der Waals surface area contributed by atoms with Crippen LogP contribution in [0.3, 0.4) is 0 Å². The van der Waals surface area contributed by atoms with Gasteiger partial charge >= 0.3 is 5.97 Å². The van der Waals surface area contributed by atoms with Crippen LogP contribution in [0.1, 0.15) is 32.3 Å². The molecule has 0 atom stereocenters. The molecule has 0 saturated carbocycles. The third kappa shape index (κ3) is 5.96. The summed E-state index contributed by atoms with van der Waals surface area (Å²) in [6.45, 7) is 7.42. The molecule has 0 aromatic heterocycles. The van der Waals surface area contributed by atoms with Crippen LogP contribution in [-0.2, 0) is 16.0 Å². The van der Waals surface area contributed by atoms with E-state index in [0.717, 1.165) is 50.4 Å². The zero-order chi connectivity index (χ0) is 18.1. The summed E-state index contributed by atoms with van der Waals surface area (Å²) in [7, 11) is 0. The Hall–Kier alpha value is -2.24. The average Bonchev–Trinajstić information content (AvgIpc) is 2.61. The molecule has 6 nitrogen and oxygen atoms in total. The number of guanidine groups is 1. The van der Waals surface area contributed by atoms with Crippen molar-refractivity contribution in [1.82, 2.24) is 10.2 Å². The number of phenolic OH excluding ortho intramolecular Hbond substituents is 1. The lowest BCUT2D eigenvalue weighted by atomic mass is 9.97. The Morgan fingerprint density at radius 3 is 2.76 bits per heavy atom. The molecule has 0 spiro atoms. The van der Waals surface area contributed by atoms with Crippen LogP contribution < -0.4 is 5.32 Å². The first-order valence-corrected chi connectivity index (χ1v) is 9.11. The Morgan fingerprint density at radius 2 is 2.12 bits per heavy atom. The lowest BCUT2D eigenvalue weighted by molar-refractivity contribution is -0.149. The Kier molecular flexibility index (Phi) is 7.57. The molecule has 1 aliphatic rings. The summed E-state index contributed by atoms with van der Waals surface area (Å²) >= 11 is 0. The highest BCUT2D eigenvalue weighted by Crippen LogP contribution is 2.19. The molecule has 1 saturated heterocycles. The van der Waals surface area contributed by atoms with Crippen molar-refractivity contribution < 1.29 is 14.6 Å². The number of carbonyl (C=O) groups is 1. The number of likely N-dealkylation sites (tertiary alicyclic amines) is 1. The number of carbonyl (C=O) groups excluding carboxylic acids is 1. The summed E-state index contributed by atoms with van der Waals surface area (Å²) in [6.07, 6.45) is 2.38. The first-order valence-electron chi connectivity index (χ1n) is 9.11. The van der Waals surface area contributed by atoms with Crippen LogP contribution in [0.25, 0.3) is 0 Å². The van der Waals surface area contributed by atoms with E-state index in [-0.39, 0.29) is 17.6 Å². The van der Waals surface area contributed by atoms with Crippen molar-refractivity contribution in [2.24, 2.45) is 10.9 Å². The van der Waals surface area contributed by atoms with E-state index < -0.39 is 0 Å². The lowest BCUT2D eigenvalue weighted by Crippen LogP contribution is -2.46. The van der Waals surface area contributed by atoms with Crippen LogP contribution in [0.4, 0.5) is 0 Å². The van der Waals surface area contributed by atoms with Gasteiger partial charge in [0.1, 0.15) is 5.75 Å². The van der Waals surface area contributed by atoms with Crippen molar-refractivity contribution in [3.8, 4) is 5.75 Å². The average molecular weight is 347 g/mol. The largest absolute Gasteiger partial charge is 0.508 e. The van der Waals surface area contributed by atoms with Gasteiger partial charge in [-0.3, -0.25) is 9.79 Å². The fourth-order valence-electron chi connectivity index (χ4n) is 3.02. The van der Waals surface area contributed by atoms with E-state index in [1.54, 1.807) is 12.1 Å². The van der Waals surface area contributed by atoms with Gasteiger partial charge in [-0.25, -0.2) is 0 Å². The number of hydrogen-bond donors (Lipinski definition) is 2. The molecule has 2 N–H and O–H groups in total. The fraction of sp³-hybridized carbons (Fsp3) is 0.579. The van der Waals surface area contributed by atoms with Gasteiger partial charge in [-0.05, 0) is 50.8 Å². The zero-order valence-electron chi connectivity index (χ0n) is 15.2. The summed E-state index contributed by atoms with van der Waals surface area (Å²) < 4.78 is 5.12. The molecule has 0 radical (unpaired) electrons. The van der Waals surface area contributed by atoms with E-state index in [0.29, 0.717) is 13.2 Å². The molecule has 0 amide bonds. The molecule has 25 heavy (non-hydrogen) atoms. The number of hydrogen-bond acceptors (Lipinski definition) is 4. The smallest absolute Gasteiger partial charge is 0.309 e. The van der Waals surface area contributed by atoms with Crippen molar-refractivity contribution in [2.75, 3.05) is 32.8 Å². The van der Waals surface area contributed by atoms with Crippen molar-refractivity contribution in [3.05, 3.63) is 29.8 Å². The maximum Gasteiger partial charge on any atom is 0.309 e. The second-order valence-electron chi connectivity index (χ2n) is 6.17. The highest BCUT2D eigenvalue weighted by molar-refractivity contribution is 5.80. The van der Waals surface area contributed by atoms with Crippen LogP contribution in [0, 0.1) is 5.92 Å². The van der Waals surface area contributed by atoms with Crippen molar-refractivity contribution in [1.29, 1.82) is 0 Å². The molecule has 0 aliphatic carbocycles. The predicted molar refractivity (Wildman–Crippen MR) is 98.7 cm³/mol. The van der Waals surface area contributed by atoms with Gasteiger partial charge in [0, 0.05) is 26.2 Å². The molecule has 6 heteroatoms. The molecule has 1 aromatic rings. The van der Waals surface area contributed by atoms with Gasteiger partial charge in [-0.15, -0.1) is 0 Å². The molecule has 1 aliphatic heterocycles. The summed E-state index contributed by atoms with van der Waals surface area (Å²) in [5.74, 6) is 1.11. The monoisotopic (exact) mass is 347 g/mol. The van der Waals surface area contributed by atoms with Gasteiger partial charge in [-0.2, -0.15) is 0 Å². The standard InChI is InChI=1S/C19H29N3O3/c1-3-20-19(21-11-8-15-6-5-7-17(23)14-15)22-12-9-16(10-13-22)18(24)25-4-2/h5-7,14,16,23H,3-4,8-13H2,1-2H3,(H,20,21). The highest BCUT2D eigenvalue weighted by Gasteiger charge is 2.27. The van der Waals surface area contributed by atoms with Crippen molar-refractivity contribution >= 4 is 11.9 Å². The third-order valence-electron chi connectivity index (χ3n) is 4.32. The maximum absolute atomic E-state index is 11.8. The minimum absolute atomic E-state index is 0.00590. The van der Waals surface area contributed by atoms with Gasteiger partial charge < -0.3 is 20.1 Å². The highest BCUT2D eigenvalue weighted by atomic mass is 16.5. The van der Waals surface area contributed by atoms with Crippen molar-refractivity contribution in [2.45, 2.75) is 33.1 Å². The number of nitrogens with one attached hydrogen (secondary N) is 1. The van der Waals surface area contributed by atoms with Gasteiger partial charge in [0.15, 0.2) is 5.96 Å². The van der Waals surface area contributed by atoms with E-state index in [9.17, 15) is 9.90 Å². The number of phenols is 1. The summed E-state index contributed by atoms with van der Waals surface area (Å²) in [6, 6.07) is 7.28. The van der Waals surface area contributed by atoms with E-state index in [2.05, 4.69) is 17.1 Å². The quantitative estimate of drug-likeness (QED) is 0.469. The normalized spacial score (nSPS) is 15.9. The third-order valence-corrected chi connectivity index (χ3v) is 4.32. The second kappa shape index (κ2) is 9.91. The molecule has 2 rings (SSSR count). The van der Waals surface area contributed by atoms with Crippen LogP contribution in [0.15, 0.2) is 29.3 Å². The molecule has 1 aromatic carbocycles. The number of benzene rings is 1. The van der Waals surface area contributed by atoms with Crippen LogP contribution >= 0.6 is 0 Å². The molecular formula is C19H29N3O3. The molecule has 138 valence electrons. The van der Waals surface area contributed by atoms with Crippen LogP contribution in [0.2, 0.25) is 0 Å². The first-order chi connectivity index (χ1) is 12.1. The van der Waals surface area contributed by atoms with E-state index in [1.807, 2.05) is 19.1 Å². The second-order valence-corrected chi connectivity index (χ2v) is 6.17. The van der Waals surface area contributed by atoms with E-state index >= 15 is 0 Å². The predicted octanol–water partition coefficient (Wildman–Crippen LogP) is 2.18. The number of ether oxygens (including phenoxy) is 1. The minimum atomic E-state index is -0.0759. The summed E-state index contributed by atoms with van der Waals surface area (Å²) in [5, 5.41) is 12.9. The Labute approximate surface area is 149 Å². The van der Waals surface area contributed by atoms with Crippen LogP contribution in [0.5, 0.6) is 5.75 Å². The molecule has 0 unspecified atom stereocenters. The van der Waals surface area contributed by atoms with E-state index in [4.69, 9.17) is 9.73 Å². The molecule has 0 bridgehead atoms. The van der Waals surface area contributed by atoms with Gasteiger partial charge in [0.05, 0.1) is 12.5 Å². The molecule has 1 heterocycles. The fourth-order valence-corrected chi connectivity index (χ4v) is 3.02. The Balaban J connectivity index is 1.88. The summed E-state index contributed by atoms with van der Waals surface area (Å²) in [4.78, 5) is 18.8. The number of nitrogens with zero attached hydrogens (tertiary/aromatic N) is 2. The number of rotatable bonds is 6.